The lowest BCUT2D eigenvalue weighted by molar-refractivity contribution is -0.137. The van der Waals surface area contributed by atoms with E-state index < -0.39 is 5.97 Å². The third-order valence-electron chi connectivity index (χ3n) is 3.83. The van der Waals surface area contributed by atoms with Crippen molar-refractivity contribution in [1.29, 1.82) is 0 Å². The van der Waals surface area contributed by atoms with Crippen molar-refractivity contribution in [3.05, 3.63) is 71.8 Å². The van der Waals surface area contributed by atoms with Gasteiger partial charge < -0.3 is 10.4 Å². The summed E-state index contributed by atoms with van der Waals surface area (Å²) in [4.78, 5) is 11.1. The molecule has 2 N–H and O–H groups in total. The normalized spacial score (nSPS) is 13.5. The van der Waals surface area contributed by atoms with Crippen LogP contribution in [0.2, 0.25) is 0 Å². The molecule has 0 aliphatic rings. The van der Waals surface area contributed by atoms with Crippen molar-refractivity contribution in [3.63, 3.8) is 0 Å². The summed E-state index contributed by atoms with van der Waals surface area (Å²) in [5, 5.41) is 12.6. The van der Waals surface area contributed by atoms with Crippen molar-refractivity contribution >= 4 is 5.97 Å². The first-order valence-corrected chi connectivity index (χ1v) is 7.72. The maximum atomic E-state index is 11.1. The summed E-state index contributed by atoms with van der Waals surface area (Å²) < 4.78 is 0. The van der Waals surface area contributed by atoms with Crippen LogP contribution in [-0.2, 0) is 11.2 Å². The molecule has 2 atom stereocenters. The van der Waals surface area contributed by atoms with Gasteiger partial charge in [-0.3, -0.25) is 4.79 Å². The minimum absolute atomic E-state index is 0.0343. The second-order valence-electron chi connectivity index (χ2n) is 5.62. The van der Waals surface area contributed by atoms with Crippen LogP contribution in [-0.4, -0.2) is 17.1 Å². The number of benzene rings is 2. The van der Waals surface area contributed by atoms with Crippen molar-refractivity contribution in [2.75, 3.05) is 0 Å². The average molecular weight is 297 g/mol. The summed E-state index contributed by atoms with van der Waals surface area (Å²) in [6.07, 6.45) is 1.84. The van der Waals surface area contributed by atoms with Gasteiger partial charge in [-0.25, -0.2) is 0 Å². The molecular formula is C19H23NO2. The van der Waals surface area contributed by atoms with E-state index in [0.717, 1.165) is 12.8 Å². The first-order chi connectivity index (χ1) is 10.6. The lowest BCUT2D eigenvalue weighted by Crippen LogP contribution is -2.34. The second kappa shape index (κ2) is 8.35. The van der Waals surface area contributed by atoms with Gasteiger partial charge in [0.1, 0.15) is 0 Å². The maximum absolute atomic E-state index is 11.1. The van der Waals surface area contributed by atoms with Gasteiger partial charge in [0.15, 0.2) is 0 Å². The van der Waals surface area contributed by atoms with Gasteiger partial charge in [-0.15, -0.1) is 0 Å². The van der Waals surface area contributed by atoms with Gasteiger partial charge >= 0.3 is 5.97 Å². The third kappa shape index (κ3) is 5.34. The Morgan fingerprint density at radius 3 is 2.23 bits per heavy atom. The van der Waals surface area contributed by atoms with E-state index in [1.807, 2.05) is 36.4 Å². The van der Waals surface area contributed by atoms with E-state index in [-0.39, 0.29) is 18.5 Å². The number of aryl methyl sites for hydroxylation is 1. The fraction of sp³-hybridized carbons (Fsp3) is 0.316. The molecular weight excluding hydrogens is 274 g/mol. The molecule has 2 aromatic rings. The molecule has 116 valence electrons. The highest BCUT2D eigenvalue weighted by Crippen LogP contribution is 2.15. The Kier molecular flexibility index (Phi) is 6.16. The molecule has 0 heterocycles. The Labute approximate surface area is 132 Å². The number of hydrogen-bond donors (Lipinski definition) is 2. The zero-order valence-electron chi connectivity index (χ0n) is 12.9. The number of nitrogens with one attached hydrogen (secondary N) is 1. The van der Waals surface area contributed by atoms with Crippen molar-refractivity contribution < 1.29 is 9.90 Å². The van der Waals surface area contributed by atoms with Crippen LogP contribution in [0.4, 0.5) is 0 Å². The van der Waals surface area contributed by atoms with E-state index in [1.165, 1.54) is 11.1 Å². The molecule has 0 amide bonds. The van der Waals surface area contributed by atoms with Crippen LogP contribution in [0.1, 0.15) is 36.9 Å². The van der Waals surface area contributed by atoms with Gasteiger partial charge in [-0.1, -0.05) is 60.7 Å². The number of carbonyl (C=O) groups is 1. The highest BCUT2D eigenvalue weighted by molar-refractivity contribution is 5.67. The minimum atomic E-state index is -0.758. The number of hydrogen-bond acceptors (Lipinski definition) is 2. The van der Waals surface area contributed by atoms with Gasteiger partial charge in [0.2, 0.25) is 0 Å². The Hall–Kier alpha value is -2.13. The first kappa shape index (κ1) is 16.2. The topological polar surface area (TPSA) is 49.3 Å². The zero-order valence-corrected chi connectivity index (χ0v) is 12.9. The van der Waals surface area contributed by atoms with Crippen molar-refractivity contribution in [2.24, 2.45) is 0 Å². The van der Waals surface area contributed by atoms with Crippen LogP contribution in [0, 0.1) is 0 Å². The fourth-order valence-electron chi connectivity index (χ4n) is 2.63. The molecule has 0 bridgehead atoms. The van der Waals surface area contributed by atoms with Crippen LogP contribution in [0.3, 0.4) is 0 Å². The molecule has 0 aromatic heterocycles. The molecule has 0 aliphatic heterocycles. The van der Waals surface area contributed by atoms with E-state index in [2.05, 4.69) is 36.5 Å². The van der Waals surface area contributed by atoms with Crippen LogP contribution in [0.25, 0.3) is 0 Å². The van der Waals surface area contributed by atoms with Crippen LogP contribution >= 0.6 is 0 Å². The summed E-state index contributed by atoms with van der Waals surface area (Å²) >= 11 is 0. The number of carboxylic acids is 1. The largest absolute Gasteiger partial charge is 0.481 e. The average Bonchev–Trinajstić information content (AvgIpc) is 2.54. The fourth-order valence-corrected chi connectivity index (χ4v) is 2.63. The molecule has 22 heavy (non-hydrogen) atoms. The molecule has 0 fully saturated rings. The predicted molar refractivity (Wildman–Crippen MR) is 88.8 cm³/mol. The monoisotopic (exact) mass is 297 g/mol. The van der Waals surface area contributed by atoms with E-state index in [4.69, 9.17) is 5.11 Å². The number of aliphatic carboxylic acids is 1. The quantitative estimate of drug-likeness (QED) is 0.779. The highest BCUT2D eigenvalue weighted by atomic mass is 16.4. The second-order valence-corrected chi connectivity index (χ2v) is 5.62. The van der Waals surface area contributed by atoms with Gasteiger partial charge in [0, 0.05) is 12.1 Å². The van der Waals surface area contributed by atoms with E-state index >= 15 is 0 Å². The summed E-state index contributed by atoms with van der Waals surface area (Å²) in [5.41, 5.74) is 2.42. The van der Waals surface area contributed by atoms with E-state index in [0.29, 0.717) is 0 Å². The van der Waals surface area contributed by atoms with Gasteiger partial charge in [0.25, 0.3) is 0 Å². The SMILES string of the molecule is C[C@@H](NC(CCc1ccccc1)CC(=O)O)c1ccccc1. The van der Waals surface area contributed by atoms with Crippen LogP contribution in [0.5, 0.6) is 0 Å². The van der Waals surface area contributed by atoms with Gasteiger partial charge in [0.05, 0.1) is 6.42 Å². The predicted octanol–water partition coefficient (Wildman–Crippen LogP) is 3.81. The van der Waals surface area contributed by atoms with Crippen LogP contribution < -0.4 is 5.32 Å². The zero-order chi connectivity index (χ0) is 15.8. The molecule has 0 spiro atoms. The molecule has 2 aromatic carbocycles. The molecule has 3 nitrogen and oxygen atoms in total. The Morgan fingerprint density at radius 2 is 1.64 bits per heavy atom. The standard InChI is InChI=1S/C19H23NO2/c1-15(17-10-6-3-7-11-17)20-18(14-19(21)22)13-12-16-8-4-2-5-9-16/h2-11,15,18,20H,12-14H2,1H3,(H,21,22)/t15-,18?/m1/s1. The lowest BCUT2D eigenvalue weighted by atomic mass is 10.0. The number of carboxylic acid groups (broad SMARTS) is 1. The molecule has 2 rings (SSSR count). The van der Waals surface area contributed by atoms with Crippen molar-refractivity contribution in [1.82, 2.24) is 5.32 Å². The van der Waals surface area contributed by atoms with Gasteiger partial charge in [-0.05, 0) is 30.9 Å². The minimum Gasteiger partial charge on any atom is -0.481 e. The molecule has 0 aliphatic carbocycles. The molecule has 0 radical (unpaired) electrons. The third-order valence-corrected chi connectivity index (χ3v) is 3.83. The molecule has 0 saturated heterocycles. The molecule has 0 saturated carbocycles. The maximum Gasteiger partial charge on any atom is 0.304 e. The summed E-state index contributed by atoms with van der Waals surface area (Å²) in [5.74, 6) is -0.758. The van der Waals surface area contributed by atoms with Crippen molar-refractivity contribution in [2.45, 2.75) is 38.3 Å². The first-order valence-electron chi connectivity index (χ1n) is 7.72. The summed E-state index contributed by atoms with van der Waals surface area (Å²) in [7, 11) is 0. The van der Waals surface area contributed by atoms with Crippen molar-refractivity contribution in [3.8, 4) is 0 Å². The Bertz CT molecular complexity index is 569. The van der Waals surface area contributed by atoms with Gasteiger partial charge in [-0.2, -0.15) is 0 Å². The summed E-state index contributed by atoms with van der Waals surface area (Å²) in [6.45, 7) is 2.08. The molecule has 3 heteroatoms. The molecule has 1 unspecified atom stereocenters. The smallest absolute Gasteiger partial charge is 0.304 e. The Morgan fingerprint density at radius 1 is 1.05 bits per heavy atom. The van der Waals surface area contributed by atoms with E-state index in [9.17, 15) is 4.79 Å². The van der Waals surface area contributed by atoms with E-state index in [1.54, 1.807) is 0 Å². The Balaban J connectivity index is 1.95. The lowest BCUT2D eigenvalue weighted by Gasteiger charge is -2.22. The number of rotatable bonds is 8. The highest BCUT2D eigenvalue weighted by Gasteiger charge is 2.16. The summed E-state index contributed by atoms with van der Waals surface area (Å²) in [6, 6.07) is 20.4. The van der Waals surface area contributed by atoms with Crippen LogP contribution in [0.15, 0.2) is 60.7 Å².